The summed E-state index contributed by atoms with van der Waals surface area (Å²) in [5.41, 5.74) is 1.74. The van der Waals surface area contributed by atoms with Crippen LogP contribution < -0.4 is 5.32 Å². The number of nitrogens with one attached hydrogen (secondary N) is 1. The standard InChI is InChI=1S/C14H14FNO2S/c15-13-7-11(1-2-12(13)14(17)18)8-16-5-3-10-4-6-19-9-10/h1-2,4,6-7,9,16H,3,5,8H2,(H,17,18). The first-order chi connectivity index (χ1) is 9.16. The lowest BCUT2D eigenvalue weighted by Gasteiger charge is -2.05. The van der Waals surface area contributed by atoms with Crippen LogP contribution in [0.1, 0.15) is 21.5 Å². The van der Waals surface area contributed by atoms with Gasteiger partial charge in [-0.3, -0.25) is 0 Å². The normalized spacial score (nSPS) is 10.6. The highest BCUT2D eigenvalue weighted by Gasteiger charge is 2.09. The summed E-state index contributed by atoms with van der Waals surface area (Å²) < 4.78 is 13.4. The number of carbonyl (C=O) groups is 1. The molecule has 3 nitrogen and oxygen atoms in total. The zero-order valence-corrected chi connectivity index (χ0v) is 11.0. The SMILES string of the molecule is O=C(O)c1ccc(CNCCc2ccsc2)cc1F. The molecule has 0 unspecified atom stereocenters. The molecule has 1 aromatic heterocycles. The van der Waals surface area contributed by atoms with E-state index in [1.807, 2.05) is 5.38 Å². The summed E-state index contributed by atoms with van der Waals surface area (Å²) in [4.78, 5) is 10.7. The van der Waals surface area contributed by atoms with Crippen LogP contribution in [0, 0.1) is 5.82 Å². The van der Waals surface area contributed by atoms with Crippen LogP contribution in [0.4, 0.5) is 4.39 Å². The predicted octanol–water partition coefficient (Wildman–Crippen LogP) is 2.92. The molecule has 0 spiro atoms. The maximum absolute atomic E-state index is 13.4. The van der Waals surface area contributed by atoms with Crippen LogP contribution in [0.2, 0.25) is 0 Å². The van der Waals surface area contributed by atoms with Gasteiger partial charge in [0.1, 0.15) is 5.82 Å². The third-order valence-corrected chi connectivity index (χ3v) is 3.50. The van der Waals surface area contributed by atoms with Crippen LogP contribution in [0.3, 0.4) is 0 Å². The van der Waals surface area contributed by atoms with E-state index in [4.69, 9.17) is 5.11 Å². The van der Waals surface area contributed by atoms with Crippen molar-refractivity contribution in [2.75, 3.05) is 6.54 Å². The average Bonchev–Trinajstić information content (AvgIpc) is 2.87. The number of rotatable bonds is 6. The monoisotopic (exact) mass is 279 g/mol. The molecule has 2 N–H and O–H groups in total. The molecule has 2 rings (SSSR count). The minimum absolute atomic E-state index is 0.290. The second-order valence-electron chi connectivity index (χ2n) is 4.18. The highest BCUT2D eigenvalue weighted by atomic mass is 32.1. The Bertz CT molecular complexity index is 555. The highest BCUT2D eigenvalue weighted by molar-refractivity contribution is 7.07. The smallest absolute Gasteiger partial charge is 0.338 e. The van der Waals surface area contributed by atoms with Gasteiger partial charge in [-0.1, -0.05) is 6.07 Å². The fourth-order valence-corrected chi connectivity index (χ4v) is 2.45. The van der Waals surface area contributed by atoms with Crippen LogP contribution in [0.5, 0.6) is 0 Å². The highest BCUT2D eigenvalue weighted by Crippen LogP contribution is 2.10. The molecule has 5 heteroatoms. The Morgan fingerprint density at radius 1 is 1.32 bits per heavy atom. The number of hydrogen-bond donors (Lipinski definition) is 2. The summed E-state index contributed by atoms with van der Waals surface area (Å²) in [5.74, 6) is -1.93. The summed E-state index contributed by atoms with van der Waals surface area (Å²) in [6, 6.07) is 6.27. The topological polar surface area (TPSA) is 49.3 Å². The number of hydrogen-bond acceptors (Lipinski definition) is 3. The maximum Gasteiger partial charge on any atom is 0.338 e. The van der Waals surface area contributed by atoms with Gasteiger partial charge in [0, 0.05) is 6.54 Å². The minimum atomic E-state index is -1.24. The molecule has 0 fully saturated rings. The van der Waals surface area contributed by atoms with E-state index in [1.165, 1.54) is 17.7 Å². The van der Waals surface area contributed by atoms with E-state index in [1.54, 1.807) is 17.4 Å². The van der Waals surface area contributed by atoms with Crippen LogP contribution in [0.15, 0.2) is 35.0 Å². The van der Waals surface area contributed by atoms with Gasteiger partial charge in [-0.05, 0) is 53.1 Å². The van der Waals surface area contributed by atoms with Crippen molar-refractivity contribution in [3.63, 3.8) is 0 Å². The molecule has 1 aromatic carbocycles. The van der Waals surface area contributed by atoms with Gasteiger partial charge < -0.3 is 10.4 Å². The molecule has 19 heavy (non-hydrogen) atoms. The van der Waals surface area contributed by atoms with Gasteiger partial charge in [0.05, 0.1) is 5.56 Å². The molecule has 0 bridgehead atoms. The van der Waals surface area contributed by atoms with Crippen molar-refractivity contribution >= 4 is 17.3 Å². The fraction of sp³-hybridized carbons (Fsp3) is 0.214. The van der Waals surface area contributed by atoms with E-state index >= 15 is 0 Å². The first kappa shape index (κ1) is 13.7. The van der Waals surface area contributed by atoms with E-state index in [0.29, 0.717) is 6.54 Å². The zero-order chi connectivity index (χ0) is 13.7. The van der Waals surface area contributed by atoms with Crippen molar-refractivity contribution < 1.29 is 14.3 Å². The summed E-state index contributed by atoms with van der Waals surface area (Å²) >= 11 is 1.67. The molecular weight excluding hydrogens is 265 g/mol. The molecule has 1 heterocycles. The van der Waals surface area contributed by atoms with Crippen molar-refractivity contribution in [3.8, 4) is 0 Å². The van der Waals surface area contributed by atoms with Gasteiger partial charge in [0.25, 0.3) is 0 Å². The minimum Gasteiger partial charge on any atom is -0.478 e. The van der Waals surface area contributed by atoms with Crippen LogP contribution in [-0.4, -0.2) is 17.6 Å². The number of carboxylic acid groups (broad SMARTS) is 1. The lowest BCUT2D eigenvalue weighted by molar-refractivity contribution is 0.0692. The molecule has 0 saturated heterocycles. The molecule has 0 amide bonds. The van der Waals surface area contributed by atoms with E-state index in [2.05, 4.69) is 16.8 Å². The van der Waals surface area contributed by atoms with Crippen LogP contribution >= 0.6 is 11.3 Å². The quantitative estimate of drug-likeness (QED) is 0.799. The zero-order valence-electron chi connectivity index (χ0n) is 10.2. The Labute approximate surface area is 114 Å². The van der Waals surface area contributed by atoms with Gasteiger partial charge in [0.15, 0.2) is 0 Å². The number of carboxylic acids is 1. The van der Waals surface area contributed by atoms with E-state index < -0.39 is 11.8 Å². The largest absolute Gasteiger partial charge is 0.478 e. The average molecular weight is 279 g/mol. The molecular formula is C14H14FNO2S. The summed E-state index contributed by atoms with van der Waals surface area (Å²) in [6.45, 7) is 1.33. The molecule has 0 saturated carbocycles. The molecule has 0 aliphatic rings. The molecule has 0 aliphatic heterocycles. The van der Waals surface area contributed by atoms with E-state index in [-0.39, 0.29) is 5.56 Å². The molecule has 2 aromatic rings. The maximum atomic E-state index is 13.4. The fourth-order valence-electron chi connectivity index (χ4n) is 1.74. The van der Waals surface area contributed by atoms with Crippen molar-refractivity contribution in [1.82, 2.24) is 5.32 Å². The molecule has 0 radical (unpaired) electrons. The number of thiophene rings is 1. The van der Waals surface area contributed by atoms with Crippen molar-refractivity contribution in [2.24, 2.45) is 0 Å². The van der Waals surface area contributed by atoms with Crippen LogP contribution in [0.25, 0.3) is 0 Å². The van der Waals surface area contributed by atoms with Crippen LogP contribution in [-0.2, 0) is 13.0 Å². The Morgan fingerprint density at radius 3 is 2.79 bits per heavy atom. The Kier molecular flexibility index (Phi) is 4.65. The predicted molar refractivity (Wildman–Crippen MR) is 73.1 cm³/mol. The molecule has 0 atom stereocenters. The van der Waals surface area contributed by atoms with Gasteiger partial charge >= 0.3 is 5.97 Å². The summed E-state index contributed by atoms with van der Waals surface area (Å²) in [6.07, 6.45) is 0.930. The number of halogens is 1. The number of benzene rings is 1. The number of aromatic carboxylic acids is 1. The third kappa shape index (κ3) is 3.87. The first-order valence-corrected chi connectivity index (χ1v) is 6.84. The van der Waals surface area contributed by atoms with Crippen molar-refractivity contribution in [1.29, 1.82) is 0 Å². The molecule has 0 aliphatic carbocycles. The van der Waals surface area contributed by atoms with Gasteiger partial charge in [-0.25, -0.2) is 9.18 Å². The van der Waals surface area contributed by atoms with Crippen molar-refractivity contribution in [2.45, 2.75) is 13.0 Å². The second kappa shape index (κ2) is 6.45. The van der Waals surface area contributed by atoms with Gasteiger partial charge in [-0.15, -0.1) is 0 Å². The van der Waals surface area contributed by atoms with E-state index in [0.717, 1.165) is 18.5 Å². The summed E-state index contributed by atoms with van der Waals surface area (Å²) in [7, 11) is 0. The first-order valence-electron chi connectivity index (χ1n) is 5.90. The Morgan fingerprint density at radius 2 is 2.16 bits per heavy atom. The second-order valence-corrected chi connectivity index (χ2v) is 4.96. The van der Waals surface area contributed by atoms with Gasteiger partial charge in [0.2, 0.25) is 0 Å². The lowest BCUT2D eigenvalue weighted by Crippen LogP contribution is -2.16. The Balaban J connectivity index is 1.83. The third-order valence-electron chi connectivity index (χ3n) is 2.76. The summed E-state index contributed by atoms with van der Waals surface area (Å²) in [5, 5.41) is 16.1. The van der Waals surface area contributed by atoms with Gasteiger partial charge in [-0.2, -0.15) is 11.3 Å². The van der Waals surface area contributed by atoms with Crippen molar-refractivity contribution in [3.05, 3.63) is 57.5 Å². The lowest BCUT2D eigenvalue weighted by atomic mass is 10.1. The van der Waals surface area contributed by atoms with E-state index in [9.17, 15) is 9.18 Å². The Hall–Kier alpha value is -1.72. The molecule has 100 valence electrons.